The van der Waals surface area contributed by atoms with Crippen LogP contribution in [-0.2, 0) is 37.7 Å². The highest BCUT2D eigenvalue weighted by Crippen LogP contribution is 2.39. The van der Waals surface area contributed by atoms with Gasteiger partial charge in [-0.25, -0.2) is 4.57 Å². The monoisotopic (exact) mass is 542 g/mol. The van der Waals surface area contributed by atoms with E-state index in [9.17, 15) is 18.7 Å². The van der Waals surface area contributed by atoms with Crippen LogP contribution in [0.4, 0.5) is 0 Å². The molecule has 11 nitrogen and oxygen atoms in total. The average molecular weight is 542 g/mol. The van der Waals surface area contributed by atoms with Gasteiger partial charge >= 0.3 is 15.4 Å². The predicted molar refractivity (Wildman–Crippen MR) is 134 cm³/mol. The van der Waals surface area contributed by atoms with E-state index in [0.717, 1.165) is 11.1 Å². The highest BCUT2D eigenvalue weighted by atomic mass is 31.2. The number of phosphoric acid groups is 1. The van der Waals surface area contributed by atoms with Crippen molar-refractivity contribution in [1.29, 1.82) is 0 Å². The summed E-state index contributed by atoms with van der Waals surface area (Å²) in [4.78, 5) is 60.7. The molecule has 2 aromatic rings. The van der Waals surface area contributed by atoms with Crippen molar-refractivity contribution < 1.29 is 42.8 Å². The molecule has 198 valence electrons. The van der Waals surface area contributed by atoms with Crippen LogP contribution in [-0.4, -0.2) is 56.8 Å². The minimum absolute atomic E-state index is 0.0135. The summed E-state index contributed by atoms with van der Waals surface area (Å²) in [6.45, 7) is 1.72. The molecule has 6 N–H and O–H groups in total. The normalized spacial score (nSPS) is 13.7. The van der Waals surface area contributed by atoms with E-state index in [0.29, 0.717) is 18.4 Å². The molecule has 0 saturated carbocycles. The molecule has 2 atom stereocenters. The van der Waals surface area contributed by atoms with Crippen molar-refractivity contribution in [3.05, 3.63) is 65.2 Å². The number of Topliss-reactive ketones (excluding diaryl/α,β-unsaturated/α-hetero) is 2. The van der Waals surface area contributed by atoms with E-state index in [1.54, 1.807) is 43.4 Å². The first kappa shape index (κ1) is 30.0. The first-order chi connectivity index (χ1) is 16.8. The van der Waals surface area contributed by atoms with Crippen molar-refractivity contribution in [1.82, 2.24) is 10.6 Å². The van der Waals surface area contributed by atoms with E-state index in [2.05, 4.69) is 15.2 Å². The molecule has 0 radical (unpaired) electrons. The van der Waals surface area contributed by atoms with Gasteiger partial charge in [0.2, 0.25) is 0 Å². The zero-order valence-corrected chi connectivity index (χ0v) is 21.8. The number of phosphoric ester groups is 1. The third-order valence-corrected chi connectivity index (χ3v) is 6.65. The molecular formula is C23H32N2O9P2. The number of nitrogens with one attached hydrogen (secondary N) is 2. The van der Waals surface area contributed by atoms with Crippen LogP contribution in [0.1, 0.15) is 30.0 Å². The Balaban J connectivity index is 1.88. The Labute approximate surface area is 209 Å². The number of carbonyl (C=O) groups is 2. The van der Waals surface area contributed by atoms with Crippen molar-refractivity contribution in [2.75, 3.05) is 13.6 Å². The Bertz CT molecular complexity index is 1110. The average Bonchev–Trinajstić information content (AvgIpc) is 2.76. The van der Waals surface area contributed by atoms with Gasteiger partial charge in [-0.2, -0.15) is 0 Å². The lowest BCUT2D eigenvalue weighted by Crippen LogP contribution is -2.41. The standard InChI is InChI=1S/C23H32N2O9P2/c1-16(26)21(13-18-7-9-20(10-8-18)34-36(31,32)33)25-12-11-23(27)22(24-2)14-17-3-5-19(6-4-17)15-35(28,29)30/h3-10,21-22,24-25H,11-15H2,1-2H3,(H2,28,29,30)(H2,31,32,33)/t21-,22-/m0/s1. The van der Waals surface area contributed by atoms with Crippen LogP contribution in [0.3, 0.4) is 0 Å². The van der Waals surface area contributed by atoms with Gasteiger partial charge in [0.05, 0.1) is 18.2 Å². The van der Waals surface area contributed by atoms with Gasteiger partial charge in [0, 0.05) is 13.0 Å². The summed E-state index contributed by atoms with van der Waals surface area (Å²) in [6, 6.07) is 11.8. The van der Waals surface area contributed by atoms with Crippen molar-refractivity contribution in [2.24, 2.45) is 0 Å². The maximum Gasteiger partial charge on any atom is 0.524 e. The number of ketones is 2. The minimum atomic E-state index is -4.65. The largest absolute Gasteiger partial charge is 0.524 e. The summed E-state index contributed by atoms with van der Waals surface area (Å²) in [5.41, 5.74) is 2.11. The Morgan fingerprint density at radius 2 is 1.36 bits per heavy atom. The van der Waals surface area contributed by atoms with Crippen LogP contribution >= 0.6 is 15.4 Å². The number of benzene rings is 2. The molecule has 0 spiro atoms. The third kappa shape index (κ3) is 11.2. The maximum atomic E-state index is 12.7. The molecule has 0 heterocycles. The second kappa shape index (κ2) is 13.4. The van der Waals surface area contributed by atoms with Gasteiger partial charge in [-0.15, -0.1) is 0 Å². The van der Waals surface area contributed by atoms with Gasteiger partial charge in [-0.3, -0.25) is 23.9 Å². The molecule has 36 heavy (non-hydrogen) atoms. The van der Waals surface area contributed by atoms with Gasteiger partial charge in [0.1, 0.15) is 11.5 Å². The molecule has 0 aromatic heterocycles. The van der Waals surface area contributed by atoms with Crippen LogP contribution in [0, 0.1) is 0 Å². The summed E-state index contributed by atoms with van der Waals surface area (Å²) < 4.78 is 26.6. The number of hydrogen-bond acceptors (Lipinski definition) is 7. The predicted octanol–water partition coefficient (Wildman–Crippen LogP) is 1.72. The Morgan fingerprint density at radius 1 is 0.861 bits per heavy atom. The van der Waals surface area contributed by atoms with Crippen molar-refractivity contribution >= 4 is 27.0 Å². The summed E-state index contributed by atoms with van der Waals surface area (Å²) in [5, 5.41) is 6.08. The zero-order chi connectivity index (χ0) is 26.9. The lowest BCUT2D eigenvalue weighted by atomic mass is 9.99. The van der Waals surface area contributed by atoms with Crippen LogP contribution < -0.4 is 15.2 Å². The summed E-state index contributed by atoms with van der Waals surface area (Å²) in [7, 11) is -7.11. The second-order valence-electron chi connectivity index (χ2n) is 8.45. The molecule has 0 aliphatic heterocycles. The topological polar surface area (TPSA) is 182 Å². The Hall–Kier alpha value is -2.20. The molecule has 0 saturated heterocycles. The van der Waals surface area contributed by atoms with Crippen LogP contribution in [0.2, 0.25) is 0 Å². The smallest absolute Gasteiger partial charge is 0.404 e. The molecule has 0 amide bonds. The minimum Gasteiger partial charge on any atom is -0.404 e. The fourth-order valence-corrected chi connectivity index (χ4v) is 4.68. The highest BCUT2D eigenvalue weighted by Gasteiger charge is 2.20. The number of hydrogen-bond donors (Lipinski definition) is 6. The number of rotatable bonds is 15. The molecular weight excluding hydrogens is 510 g/mol. The van der Waals surface area contributed by atoms with E-state index < -0.39 is 27.5 Å². The summed E-state index contributed by atoms with van der Waals surface area (Å²) in [6.07, 6.45) is 0.581. The Morgan fingerprint density at radius 3 is 1.83 bits per heavy atom. The van der Waals surface area contributed by atoms with E-state index in [1.807, 2.05) is 0 Å². The first-order valence-corrected chi connectivity index (χ1v) is 14.5. The third-order valence-electron chi connectivity index (χ3n) is 5.43. The van der Waals surface area contributed by atoms with Crippen molar-refractivity contribution in [3.8, 4) is 5.75 Å². The molecule has 13 heteroatoms. The van der Waals surface area contributed by atoms with Crippen LogP contribution in [0.5, 0.6) is 5.75 Å². The van der Waals surface area contributed by atoms with Gasteiger partial charge in [0.25, 0.3) is 0 Å². The van der Waals surface area contributed by atoms with Gasteiger partial charge in [-0.05, 0) is 55.6 Å². The quantitative estimate of drug-likeness (QED) is 0.180. The van der Waals surface area contributed by atoms with Gasteiger partial charge in [-0.1, -0.05) is 36.4 Å². The number of carbonyl (C=O) groups excluding carboxylic acids is 2. The molecule has 0 bridgehead atoms. The van der Waals surface area contributed by atoms with Crippen molar-refractivity contribution in [2.45, 2.75) is 44.4 Å². The highest BCUT2D eigenvalue weighted by molar-refractivity contribution is 7.50. The SMILES string of the molecule is CN[C@@H](Cc1ccc(CP(=O)(O)O)cc1)C(=O)CCN[C@@H](Cc1ccc(OP(=O)(O)O)cc1)C(C)=O. The van der Waals surface area contributed by atoms with E-state index in [-0.39, 0.29) is 36.4 Å². The fourth-order valence-electron chi connectivity index (χ4n) is 3.59. The molecule has 2 aromatic carbocycles. The van der Waals surface area contributed by atoms with E-state index in [4.69, 9.17) is 19.6 Å². The molecule has 0 fully saturated rings. The van der Waals surface area contributed by atoms with Gasteiger partial charge in [0.15, 0.2) is 5.78 Å². The summed E-state index contributed by atoms with van der Waals surface area (Å²) in [5.74, 6) is -0.149. The Kier molecular flexibility index (Phi) is 11.2. The molecule has 0 unspecified atom stereocenters. The lowest BCUT2D eigenvalue weighted by Gasteiger charge is -2.18. The number of likely N-dealkylation sites (N-methyl/N-ethyl adjacent to an activating group) is 1. The van der Waals surface area contributed by atoms with E-state index in [1.165, 1.54) is 19.1 Å². The van der Waals surface area contributed by atoms with Crippen LogP contribution in [0.15, 0.2) is 48.5 Å². The second-order valence-corrected chi connectivity index (χ2v) is 11.3. The molecule has 0 aliphatic rings. The molecule has 0 aliphatic carbocycles. The van der Waals surface area contributed by atoms with Gasteiger partial charge < -0.3 is 24.9 Å². The van der Waals surface area contributed by atoms with E-state index >= 15 is 0 Å². The van der Waals surface area contributed by atoms with Crippen LogP contribution in [0.25, 0.3) is 0 Å². The molecule has 2 rings (SSSR count). The summed E-state index contributed by atoms with van der Waals surface area (Å²) >= 11 is 0. The fraction of sp³-hybridized carbons (Fsp3) is 0.391. The maximum absolute atomic E-state index is 12.7. The first-order valence-electron chi connectivity index (χ1n) is 11.2. The van der Waals surface area contributed by atoms with Crippen molar-refractivity contribution in [3.63, 3.8) is 0 Å². The lowest BCUT2D eigenvalue weighted by molar-refractivity contribution is -0.122. The zero-order valence-electron chi connectivity index (χ0n) is 20.0.